The quantitative estimate of drug-likeness (QED) is 0.517. The number of benzene rings is 1. The molecule has 0 aromatic heterocycles. The summed E-state index contributed by atoms with van der Waals surface area (Å²) in [6.07, 6.45) is 1.79. The zero-order chi connectivity index (χ0) is 16.3. The molecule has 0 heterocycles. The van der Waals surface area contributed by atoms with Crippen LogP contribution in [0.2, 0.25) is 10.0 Å². The number of alkyl halides is 1. The van der Waals surface area contributed by atoms with Crippen LogP contribution in [-0.4, -0.2) is 20.3 Å². The molecular formula is C13H17BrCl2FNO2S. The van der Waals surface area contributed by atoms with Gasteiger partial charge in [0.1, 0.15) is 4.90 Å². The van der Waals surface area contributed by atoms with E-state index in [1.54, 1.807) is 0 Å². The fourth-order valence-electron chi connectivity index (χ4n) is 1.72. The van der Waals surface area contributed by atoms with Gasteiger partial charge in [0.15, 0.2) is 5.82 Å². The summed E-state index contributed by atoms with van der Waals surface area (Å²) in [6.45, 7) is 4.16. The summed E-state index contributed by atoms with van der Waals surface area (Å²) in [5.41, 5.74) is -0.210. The maximum Gasteiger partial charge on any atom is 0.242 e. The van der Waals surface area contributed by atoms with Crippen molar-refractivity contribution in [1.82, 2.24) is 4.72 Å². The molecule has 0 unspecified atom stereocenters. The van der Waals surface area contributed by atoms with Crippen LogP contribution in [0.3, 0.4) is 0 Å². The number of halogens is 4. The first kappa shape index (κ1) is 19.2. The molecule has 0 bridgehead atoms. The van der Waals surface area contributed by atoms with Crippen molar-refractivity contribution in [2.45, 2.75) is 31.6 Å². The maximum atomic E-state index is 13.6. The molecule has 0 amide bonds. The highest BCUT2D eigenvalue weighted by atomic mass is 79.9. The summed E-state index contributed by atoms with van der Waals surface area (Å²) in [5.74, 6) is -0.931. The van der Waals surface area contributed by atoms with E-state index in [0.717, 1.165) is 18.2 Å². The Hall–Kier alpha value is 0.120. The highest BCUT2D eigenvalue weighted by Gasteiger charge is 2.25. The first-order valence-corrected chi connectivity index (χ1v) is 9.66. The minimum absolute atomic E-state index is 0.210. The standard InChI is InChI=1S/C13H17BrCl2FNO2S/c1-13(2,6-3-7-14)8-18-21(19,20)10-5-4-9(15)12(17)11(10)16/h4-5,18H,3,6-8H2,1-2H3. The van der Waals surface area contributed by atoms with Gasteiger partial charge in [0, 0.05) is 11.9 Å². The second kappa shape index (κ2) is 7.59. The first-order valence-electron chi connectivity index (χ1n) is 6.30. The van der Waals surface area contributed by atoms with Gasteiger partial charge in [-0.05, 0) is 30.4 Å². The van der Waals surface area contributed by atoms with Gasteiger partial charge in [0.25, 0.3) is 0 Å². The Balaban J connectivity index is 2.91. The van der Waals surface area contributed by atoms with Crippen LogP contribution in [0.25, 0.3) is 0 Å². The number of nitrogens with one attached hydrogen (secondary N) is 1. The molecule has 8 heteroatoms. The molecule has 0 saturated heterocycles. The zero-order valence-corrected chi connectivity index (χ0v) is 15.6. The second-order valence-corrected chi connectivity index (χ2v) is 8.77. The van der Waals surface area contributed by atoms with Crippen LogP contribution in [0, 0.1) is 11.2 Å². The summed E-state index contributed by atoms with van der Waals surface area (Å²) in [5, 5.41) is 0.155. The fraction of sp³-hybridized carbons (Fsp3) is 0.538. The molecule has 1 aromatic rings. The molecule has 0 aliphatic rings. The molecule has 1 N–H and O–H groups in total. The molecule has 1 aromatic carbocycles. The van der Waals surface area contributed by atoms with Gasteiger partial charge in [-0.1, -0.05) is 53.0 Å². The van der Waals surface area contributed by atoms with E-state index < -0.39 is 20.9 Å². The van der Waals surface area contributed by atoms with E-state index >= 15 is 0 Å². The lowest BCUT2D eigenvalue weighted by Gasteiger charge is -2.24. The van der Waals surface area contributed by atoms with Crippen molar-refractivity contribution in [3.8, 4) is 0 Å². The minimum Gasteiger partial charge on any atom is -0.211 e. The van der Waals surface area contributed by atoms with E-state index in [9.17, 15) is 12.8 Å². The second-order valence-electron chi connectivity index (χ2n) is 5.45. The molecule has 1 rings (SSSR count). The van der Waals surface area contributed by atoms with Crippen molar-refractivity contribution in [3.63, 3.8) is 0 Å². The van der Waals surface area contributed by atoms with E-state index in [0.29, 0.717) is 0 Å². The lowest BCUT2D eigenvalue weighted by Crippen LogP contribution is -2.34. The zero-order valence-electron chi connectivity index (χ0n) is 11.7. The molecule has 0 atom stereocenters. The number of hydrogen-bond acceptors (Lipinski definition) is 2. The summed E-state index contributed by atoms with van der Waals surface area (Å²) in [4.78, 5) is -0.303. The van der Waals surface area contributed by atoms with Gasteiger partial charge >= 0.3 is 0 Å². The van der Waals surface area contributed by atoms with Crippen LogP contribution in [-0.2, 0) is 10.0 Å². The highest BCUT2D eigenvalue weighted by molar-refractivity contribution is 9.09. The third kappa shape index (κ3) is 5.36. The van der Waals surface area contributed by atoms with Crippen molar-refractivity contribution in [2.24, 2.45) is 5.41 Å². The van der Waals surface area contributed by atoms with Gasteiger partial charge in [-0.15, -0.1) is 0 Å². The molecule has 120 valence electrons. The molecular weight excluding hydrogens is 404 g/mol. The molecule has 0 radical (unpaired) electrons. The van der Waals surface area contributed by atoms with E-state index in [-0.39, 0.29) is 21.9 Å². The fourth-order valence-corrected chi connectivity index (χ4v) is 3.98. The third-order valence-corrected chi connectivity index (χ3v) is 5.80. The van der Waals surface area contributed by atoms with Gasteiger partial charge in [-0.2, -0.15) is 0 Å². The molecule has 0 saturated carbocycles. The SMILES string of the molecule is CC(C)(CCCBr)CNS(=O)(=O)c1ccc(Cl)c(F)c1Cl. The molecule has 0 aliphatic heterocycles. The minimum atomic E-state index is -3.88. The Morgan fingerprint density at radius 3 is 2.52 bits per heavy atom. The van der Waals surface area contributed by atoms with Crippen molar-refractivity contribution in [3.05, 3.63) is 28.0 Å². The Morgan fingerprint density at radius 1 is 1.33 bits per heavy atom. The molecule has 3 nitrogen and oxygen atoms in total. The van der Waals surface area contributed by atoms with E-state index in [1.165, 1.54) is 12.1 Å². The van der Waals surface area contributed by atoms with Crippen LogP contribution in [0.5, 0.6) is 0 Å². The van der Waals surface area contributed by atoms with Gasteiger partial charge in [-0.25, -0.2) is 17.5 Å². The predicted molar refractivity (Wildman–Crippen MR) is 88.4 cm³/mol. The van der Waals surface area contributed by atoms with Crippen molar-refractivity contribution in [2.75, 3.05) is 11.9 Å². The Labute approximate surface area is 143 Å². The van der Waals surface area contributed by atoms with Crippen molar-refractivity contribution in [1.29, 1.82) is 0 Å². The Bertz CT molecular complexity index is 608. The summed E-state index contributed by atoms with van der Waals surface area (Å²) >= 11 is 14.6. The van der Waals surface area contributed by atoms with Gasteiger partial charge in [0.05, 0.1) is 10.0 Å². The van der Waals surface area contributed by atoms with Crippen LogP contribution in [0.4, 0.5) is 4.39 Å². The summed E-state index contributed by atoms with van der Waals surface area (Å²) < 4.78 is 40.5. The highest BCUT2D eigenvalue weighted by Crippen LogP contribution is 2.30. The largest absolute Gasteiger partial charge is 0.242 e. The topological polar surface area (TPSA) is 46.2 Å². The molecule has 0 fully saturated rings. The van der Waals surface area contributed by atoms with E-state index in [4.69, 9.17) is 23.2 Å². The monoisotopic (exact) mass is 419 g/mol. The van der Waals surface area contributed by atoms with E-state index in [2.05, 4.69) is 20.7 Å². The maximum absolute atomic E-state index is 13.6. The van der Waals surface area contributed by atoms with Gasteiger partial charge in [0.2, 0.25) is 10.0 Å². The smallest absolute Gasteiger partial charge is 0.211 e. The van der Waals surface area contributed by atoms with Gasteiger partial charge in [-0.3, -0.25) is 0 Å². The lowest BCUT2D eigenvalue weighted by atomic mass is 9.88. The third-order valence-electron chi connectivity index (χ3n) is 3.02. The van der Waals surface area contributed by atoms with Gasteiger partial charge < -0.3 is 0 Å². The number of rotatable bonds is 7. The number of sulfonamides is 1. The predicted octanol–water partition coefficient (Wildman–Crippen LogP) is 4.61. The van der Waals surface area contributed by atoms with Crippen LogP contribution in [0.15, 0.2) is 17.0 Å². The number of hydrogen-bond donors (Lipinski definition) is 1. The molecule has 21 heavy (non-hydrogen) atoms. The molecule has 0 aliphatic carbocycles. The lowest BCUT2D eigenvalue weighted by molar-refractivity contribution is 0.332. The Kier molecular flexibility index (Phi) is 6.93. The van der Waals surface area contributed by atoms with Crippen LogP contribution in [0.1, 0.15) is 26.7 Å². The summed E-state index contributed by atoms with van der Waals surface area (Å²) in [7, 11) is -3.88. The van der Waals surface area contributed by atoms with E-state index in [1.807, 2.05) is 13.8 Å². The average molecular weight is 421 g/mol. The molecule has 0 spiro atoms. The van der Waals surface area contributed by atoms with Crippen LogP contribution >= 0.6 is 39.1 Å². The Morgan fingerprint density at radius 2 is 1.95 bits per heavy atom. The average Bonchev–Trinajstić information content (AvgIpc) is 2.40. The van der Waals surface area contributed by atoms with Crippen molar-refractivity contribution >= 4 is 49.2 Å². The van der Waals surface area contributed by atoms with Crippen LogP contribution < -0.4 is 4.72 Å². The normalized spacial score (nSPS) is 12.7. The summed E-state index contributed by atoms with van der Waals surface area (Å²) in [6, 6.07) is 2.37. The first-order chi connectivity index (χ1) is 9.60. The van der Waals surface area contributed by atoms with Crippen molar-refractivity contribution < 1.29 is 12.8 Å².